The molecule has 0 N–H and O–H groups in total. The van der Waals surface area contributed by atoms with Crippen molar-refractivity contribution in [2.75, 3.05) is 0 Å². The predicted molar refractivity (Wildman–Crippen MR) is 92.3 cm³/mol. The summed E-state index contributed by atoms with van der Waals surface area (Å²) in [6.45, 7) is 7.76. The normalized spacial score (nSPS) is 15.7. The van der Waals surface area contributed by atoms with Crippen LogP contribution in [0.25, 0.3) is 11.1 Å². The SMILES string of the molecule is C=C1CC(=O)c2cc(C(=O)c3ccc4c(c3)C(=O)CC4=C)ccc21. The maximum atomic E-state index is 12.8. The van der Waals surface area contributed by atoms with E-state index < -0.39 is 0 Å². The van der Waals surface area contributed by atoms with E-state index in [1.54, 1.807) is 36.4 Å². The fraction of sp³-hybridized carbons (Fsp3) is 0.0952. The molecule has 3 heteroatoms. The number of ketones is 3. The highest BCUT2D eigenvalue weighted by Gasteiger charge is 2.26. The molecule has 0 atom stereocenters. The number of Topliss-reactive ketones (excluding diaryl/α,β-unsaturated/α-hetero) is 2. The minimum atomic E-state index is -0.198. The van der Waals surface area contributed by atoms with Crippen molar-refractivity contribution in [3.05, 3.63) is 82.9 Å². The summed E-state index contributed by atoms with van der Waals surface area (Å²) in [5.41, 5.74) is 5.20. The zero-order valence-corrected chi connectivity index (χ0v) is 13.0. The molecule has 0 spiro atoms. The first-order valence-corrected chi connectivity index (χ1v) is 7.71. The largest absolute Gasteiger partial charge is 0.294 e. The highest BCUT2D eigenvalue weighted by atomic mass is 16.1. The summed E-state index contributed by atoms with van der Waals surface area (Å²) in [6, 6.07) is 10.2. The van der Waals surface area contributed by atoms with Crippen molar-refractivity contribution in [3.63, 3.8) is 0 Å². The minimum absolute atomic E-state index is 0.00918. The smallest absolute Gasteiger partial charge is 0.193 e. The van der Waals surface area contributed by atoms with E-state index in [4.69, 9.17) is 0 Å². The van der Waals surface area contributed by atoms with Crippen LogP contribution in [-0.4, -0.2) is 17.3 Å². The molecule has 0 fully saturated rings. The van der Waals surface area contributed by atoms with Crippen LogP contribution < -0.4 is 0 Å². The first-order valence-electron chi connectivity index (χ1n) is 7.71. The van der Waals surface area contributed by atoms with Gasteiger partial charge in [-0.1, -0.05) is 37.4 Å². The van der Waals surface area contributed by atoms with Gasteiger partial charge < -0.3 is 0 Å². The van der Waals surface area contributed by atoms with Crippen molar-refractivity contribution in [3.8, 4) is 0 Å². The molecule has 0 heterocycles. The average Bonchev–Trinajstić information content (AvgIpc) is 3.02. The lowest BCUT2D eigenvalue weighted by atomic mass is 9.96. The maximum Gasteiger partial charge on any atom is 0.193 e. The van der Waals surface area contributed by atoms with Gasteiger partial charge in [0.05, 0.1) is 0 Å². The Morgan fingerprint density at radius 2 is 1.12 bits per heavy atom. The van der Waals surface area contributed by atoms with Gasteiger partial charge in [-0.25, -0.2) is 0 Å². The summed E-state index contributed by atoms with van der Waals surface area (Å²) >= 11 is 0. The molecule has 0 aliphatic heterocycles. The van der Waals surface area contributed by atoms with Crippen molar-refractivity contribution < 1.29 is 14.4 Å². The summed E-state index contributed by atoms with van der Waals surface area (Å²) in [7, 11) is 0. The van der Waals surface area contributed by atoms with Crippen molar-refractivity contribution in [1.29, 1.82) is 0 Å². The summed E-state index contributed by atoms with van der Waals surface area (Å²) in [5, 5.41) is 0. The first-order chi connectivity index (χ1) is 11.5. The van der Waals surface area contributed by atoms with Crippen LogP contribution in [0.3, 0.4) is 0 Å². The quantitative estimate of drug-likeness (QED) is 0.784. The molecule has 0 bridgehead atoms. The van der Waals surface area contributed by atoms with Gasteiger partial charge in [-0.2, -0.15) is 0 Å². The molecule has 24 heavy (non-hydrogen) atoms. The van der Waals surface area contributed by atoms with Gasteiger partial charge in [0.15, 0.2) is 17.3 Å². The van der Waals surface area contributed by atoms with Crippen LogP contribution in [0, 0.1) is 0 Å². The second-order valence-electron chi connectivity index (χ2n) is 6.26. The van der Waals surface area contributed by atoms with Gasteiger partial charge in [0.1, 0.15) is 0 Å². The van der Waals surface area contributed by atoms with Crippen molar-refractivity contribution in [1.82, 2.24) is 0 Å². The van der Waals surface area contributed by atoms with Gasteiger partial charge in [0, 0.05) is 35.1 Å². The fourth-order valence-corrected chi connectivity index (χ4v) is 3.38. The third-order valence-corrected chi connectivity index (χ3v) is 4.67. The number of carbonyl (C=O) groups is 3. The average molecular weight is 314 g/mol. The topological polar surface area (TPSA) is 51.2 Å². The Hall–Kier alpha value is -3.07. The zero-order valence-electron chi connectivity index (χ0n) is 13.0. The molecule has 2 aliphatic rings. The van der Waals surface area contributed by atoms with Crippen LogP contribution in [0.2, 0.25) is 0 Å². The van der Waals surface area contributed by atoms with Gasteiger partial charge in [-0.15, -0.1) is 0 Å². The monoisotopic (exact) mass is 314 g/mol. The number of hydrogen-bond donors (Lipinski definition) is 0. The minimum Gasteiger partial charge on any atom is -0.294 e. The molecular weight excluding hydrogens is 300 g/mol. The number of hydrogen-bond acceptors (Lipinski definition) is 3. The van der Waals surface area contributed by atoms with Crippen LogP contribution >= 0.6 is 0 Å². The molecule has 2 aromatic carbocycles. The van der Waals surface area contributed by atoms with Gasteiger partial charge in [0.2, 0.25) is 0 Å². The van der Waals surface area contributed by atoms with Crippen LogP contribution in [0.1, 0.15) is 60.6 Å². The van der Waals surface area contributed by atoms with E-state index in [2.05, 4.69) is 13.2 Å². The van der Waals surface area contributed by atoms with Crippen molar-refractivity contribution in [2.45, 2.75) is 12.8 Å². The third kappa shape index (κ3) is 2.02. The standard InChI is InChI=1S/C21H14O3/c1-11-7-19(22)17-9-13(3-5-15(11)17)21(24)14-4-6-16-12(2)8-20(23)18(16)10-14/h3-6,9-10H,1-2,7-8H2. The Kier molecular flexibility index (Phi) is 3.00. The second-order valence-corrected chi connectivity index (χ2v) is 6.26. The fourth-order valence-electron chi connectivity index (χ4n) is 3.38. The van der Waals surface area contributed by atoms with Gasteiger partial charge in [-0.05, 0) is 34.4 Å². The predicted octanol–water partition coefficient (Wildman–Crippen LogP) is 4.12. The summed E-state index contributed by atoms with van der Waals surface area (Å²) < 4.78 is 0. The number of carbonyl (C=O) groups excluding carboxylic acids is 3. The number of allylic oxidation sites excluding steroid dienone is 2. The molecule has 0 saturated heterocycles. The lowest BCUT2D eigenvalue weighted by molar-refractivity contribution is 0.0996. The summed E-state index contributed by atoms with van der Waals surface area (Å²) in [5.74, 6) is -0.216. The summed E-state index contributed by atoms with van der Waals surface area (Å²) in [6.07, 6.45) is 0.616. The molecule has 4 rings (SSSR count). The zero-order chi connectivity index (χ0) is 17.0. The Morgan fingerprint density at radius 1 is 0.708 bits per heavy atom. The Morgan fingerprint density at radius 3 is 1.54 bits per heavy atom. The number of benzene rings is 2. The Balaban J connectivity index is 1.76. The van der Waals surface area contributed by atoms with E-state index >= 15 is 0 Å². The molecule has 0 saturated carbocycles. The first kappa shape index (κ1) is 14.5. The molecule has 0 amide bonds. The van der Waals surface area contributed by atoms with Gasteiger partial charge in [0.25, 0.3) is 0 Å². The van der Waals surface area contributed by atoms with E-state index in [1.807, 2.05) is 0 Å². The number of fused-ring (bicyclic) bond motifs is 2. The highest BCUT2D eigenvalue weighted by Crippen LogP contribution is 2.33. The van der Waals surface area contributed by atoms with Crippen molar-refractivity contribution in [2.24, 2.45) is 0 Å². The lowest BCUT2D eigenvalue weighted by Gasteiger charge is -2.06. The molecule has 2 aliphatic carbocycles. The van der Waals surface area contributed by atoms with Crippen LogP contribution in [0.4, 0.5) is 0 Å². The molecule has 0 radical (unpaired) electrons. The van der Waals surface area contributed by atoms with E-state index in [0.717, 1.165) is 22.3 Å². The van der Waals surface area contributed by atoms with E-state index in [1.165, 1.54) is 0 Å². The Labute approximate surface area is 139 Å². The second kappa shape index (κ2) is 4.96. The highest BCUT2D eigenvalue weighted by molar-refractivity contribution is 6.17. The molecule has 2 aromatic rings. The van der Waals surface area contributed by atoms with Gasteiger partial charge >= 0.3 is 0 Å². The van der Waals surface area contributed by atoms with Crippen LogP contribution in [-0.2, 0) is 0 Å². The van der Waals surface area contributed by atoms with Gasteiger partial charge in [-0.3, -0.25) is 14.4 Å². The summed E-state index contributed by atoms with van der Waals surface area (Å²) in [4.78, 5) is 36.7. The molecule has 116 valence electrons. The number of rotatable bonds is 2. The molecule has 3 nitrogen and oxygen atoms in total. The lowest BCUT2D eigenvalue weighted by Crippen LogP contribution is -2.05. The Bertz CT molecular complexity index is 913. The van der Waals surface area contributed by atoms with E-state index in [-0.39, 0.29) is 17.3 Å². The molecular formula is C21H14O3. The maximum absolute atomic E-state index is 12.8. The molecule has 0 unspecified atom stereocenters. The third-order valence-electron chi connectivity index (χ3n) is 4.67. The van der Waals surface area contributed by atoms with Crippen LogP contribution in [0.15, 0.2) is 49.6 Å². The molecule has 0 aromatic heterocycles. The van der Waals surface area contributed by atoms with Crippen LogP contribution in [0.5, 0.6) is 0 Å². The van der Waals surface area contributed by atoms with E-state index in [0.29, 0.717) is 35.1 Å². The van der Waals surface area contributed by atoms with Crippen molar-refractivity contribution >= 4 is 28.5 Å². The van der Waals surface area contributed by atoms with E-state index in [9.17, 15) is 14.4 Å².